The number of fused-ring (bicyclic) bond motifs is 1. The van der Waals surface area contributed by atoms with E-state index in [-0.39, 0.29) is 11.9 Å². The summed E-state index contributed by atoms with van der Waals surface area (Å²) in [7, 11) is 1.61. The van der Waals surface area contributed by atoms with Crippen molar-refractivity contribution < 1.29 is 9.53 Å². The van der Waals surface area contributed by atoms with Gasteiger partial charge in [-0.1, -0.05) is 18.2 Å². The third-order valence-electron chi connectivity index (χ3n) is 4.89. The van der Waals surface area contributed by atoms with Crippen LogP contribution in [-0.4, -0.2) is 31.0 Å². The molecule has 27 heavy (non-hydrogen) atoms. The molecule has 1 atom stereocenters. The Balaban J connectivity index is 1.45. The van der Waals surface area contributed by atoms with Crippen LogP contribution in [0.25, 0.3) is 0 Å². The molecule has 0 fully saturated rings. The molecular formula is C21H22N2O2S2. The van der Waals surface area contributed by atoms with E-state index in [0.717, 1.165) is 25.2 Å². The van der Waals surface area contributed by atoms with Crippen molar-refractivity contribution in [3.8, 4) is 5.75 Å². The Morgan fingerprint density at radius 3 is 2.89 bits per heavy atom. The first-order valence-corrected chi connectivity index (χ1v) is 10.8. The second kappa shape index (κ2) is 8.25. The Hall–Kier alpha value is -2.15. The summed E-state index contributed by atoms with van der Waals surface area (Å²) in [5.41, 5.74) is 2.12. The van der Waals surface area contributed by atoms with Crippen molar-refractivity contribution in [3.05, 3.63) is 68.5 Å². The molecule has 1 aliphatic heterocycles. The maximum atomic E-state index is 12.5. The molecule has 140 valence electrons. The number of carbonyl (C=O) groups excluding carboxylic acids is 1. The van der Waals surface area contributed by atoms with Gasteiger partial charge in [0.15, 0.2) is 0 Å². The average Bonchev–Trinajstić information content (AvgIpc) is 3.38. The van der Waals surface area contributed by atoms with Crippen LogP contribution in [0.5, 0.6) is 5.75 Å². The van der Waals surface area contributed by atoms with Crippen LogP contribution in [0.4, 0.5) is 5.69 Å². The van der Waals surface area contributed by atoms with Gasteiger partial charge in [0.1, 0.15) is 5.75 Å². The number of methoxy groups -OCH3 is 1. The normalized spacial score (nSPS) is 16.7. The number of hydrogen-bond donors (Lipinski definition) is 1. The molecule has 1 amide bonds. The lowest BCUT2D eigenvalue weighted by molar-refractivity contribution is -0.116. The summed E-state index contributed by atoms with van der Waals surface area (Å²) in [6, 6.07) is 14.3. The third kappa shape index (κ3) is 3.93. The molecule has 6 heteroatoms. The van der Waals surface area contributed by atoms with E-state index in [0.29, 0.717) is 12.2 Å². The molecule has 0 aliphatic carbocycles. The van der Waals surface area contributed by atoms with Crippen molar-refractivity contribution in [2.45, 2.75) is 18.9 Å². The minimum Gasteiger partial charge on any atom is -0.495 e. The predicted octanol–water partition coefficient (Wildman–Crippen LogP) is 4.79. The molecule has 1 unspecified atom stereocenters. The van der Waals surface area contributed by atoms with Crippen LogP contribution in [0.3, 0.4) is 0 Å². The highest BCUT2D eigenvalue weighted by Gasteiger charge is 2.30. The molecule has 1 aromatic carbocycles. The van der Waals surface area contributed by atoms with Gasteiger partial charge in [0.25, 0.3) is 0 Å². The Labute approximate surface area is 167 Å². The zero-order valence-corrected chi connectivity index (χ0v) is 16.8. The maximum Gasteiger partial charge on any atom is 0.225 e. The molecule has 1 aliphatic rings. The number of nitrogens with one attached hydrogen (secondary N) is 1. The second-order valence-corrected chi connectivity index (χ2v) is 8.48. The van der Waals surface area contributed by atoms with Crippen molar-refractivity contribution in [2.24, 2.45) is 0 Å². The van der Waals surface area contributed by atoms with E-state index >= 15 is 0 Å². The first-order valence-electron chi connectivity index (χ1n) is 9.03. The lowest BCUT2D eigenvalue weighted by Crippen LogP contribution is -2.37. The molecule has 0 spiro atoms. The van der Waals surface area contributed by atoms with Crippen molar-refractivity contribution in [3.63, 3.8) is 0 Å². The van der Waals surface area contributed by atoms with Crippen LogP contribution < -0.4 is 10.1 Å². The summed E-state index contributed by atoms with van der Waals surface area (Å²) < 4.78 is 5.31. The lowest BCUT2D eigenvalue weighted by atomic mass is 9.98. The zero-order valence-electron chi connectivity index (χ0n) is 15.2. The molecular weight excluding hydrogens is 376 g/mol. The van der Waals surface area contributed by atoms with Gasteiger partial charge < -0.3 is 10.1 Å². The fraction of sp³-hybridized carbons (Fsp3) is 0.286. The van der Waals surface area contributed by atoms with E-state index in [1.54, 1.807) is 18.4 Å². The van der Waals surface area contributed by atoms with Crippen LogP contribution in [0.2, 0.25) is 0 Å². The fourth-order valence-corrected chi connectivity index (χ4v) is 5.38. The monoisotopic (exact) mass is 398 g/mol. The number of carbonyl (C=O) groups is 1. The van der Waals surface area contributed by atoms with Crippen molar-refractivity contribution in [1.29, 1.82) is 0 Å². The van der Waals surface area contributed by atoms with Crippen LogP contribution >= 0.6 is 22.7 Å². The van der Waals surface area contributed by atoms with E-state index in [1.807, 2.05) is 35.6 Å². The van der Waals surface area contributed by atoms with Gasteiger partial charge in [-0.2, -0.15) is 0 Å². The van der Waals surface area contributed by atoms with E-state index in [9.17, 15) is 4.79 Å². The number of amides is 1. The molecule has 3 heterocycles. The van der Waals surface area contributed by atoms with Gasteiger partial charge in [-0.15, -0.1) is 22.7 Å². The number of para-hydroxylation sites is 2. The first-order chi connectivity index (χ1) is 13.3. The number of benzene rings is 1. The summed E-state index contributed by atoms with van der Waals surface area (Å²) in [6.07, 6.45) is 1.52. The highest BCUT2D eigenvalue weighted by Crippen LogP contribution is 2.39. The van der Waals surface area contributed by atoms with Crippen LogP contribution in [-0.2, 0) is 11.2 Å². The van der Waals surface area contributed by atoms with E-state index in [2.05, 4.69) is 39.2 Å². The molecule has 3 aromatic rings. The number of ether oxygens (including phenoxy) is 1. The van der Waals surface area contributed by atoms with Crippen LogP contribution in [0, 0.1) is 0 Å². The van der Waals surface area contributed by atoms with Crippen molar-refractivity contribution in [1.82, 2.24) is 4.90 Å². The van der Waals surface area contributed by atoms with Gasteiger partial charge in [-0.05, 0) is 47.0 Å². The number of rotatable bonds is 6. The Kier molecular flexibility index (Phi) is 5.57. The Morgan fingerprint density at radius 1 is 1.19 bits per heavy atom. The molecule has 4 nitrogen and oxygen atoms in total. The maximum absolute atomic E-state index is 12.5. The fourth-order valence-electron chi connectivity index (χ4n) is 3.60. The molecule has 1 N–H and O–H groups in total. The smallest absolute Gasteiger partial charge is 0.225 e. The quantitative estimate of drug-likeness (QED) is 0.649. The standard InChI is InChI=1S/C21H22N2O2S2/c1-25-17-6-3-2-5-16(17)22-20(24)9-12-23-11-8-18-15(10-14-27-18)21(23)19-7-4-13-26-19/h2-7,10,13-14,21H,8-9,11-12H2,1H3,(H,22,24). The minimum atomic E-state index is 0.0144. The van der Waals surface area contributed by atoms with Crippen molar-refractivity contribution in [2.75, 3.05) is 25.5 Å². The predicted molar refractivity (Wildman–Crippen MR) is 112 cm³/mol. The van der Waals surface area contributed by atoms with E-state index < -0.39 is 0 Å². The summed E-state index contributed by atoms with van der Waals surface area (Å²) in [6.45, 7) is 1.72. The van der Waals surface area contributed by atoms with Gasteiger partial charge in [-0.25, -0.2) is 0 Å². The number of thiophene rings is 2. The number of hydrogen-bond acceptors (Lipinski definition) is 5. The molecule has 0 saturated carbocycles. The summed E-state index contributed by atoms with van der Waals surface area (Å²) in [5.74, 6) is 0.698. The van der Waals surface area contributed by atoms with Gasteiger partial charge >= 0.3 is 0 Å². The van der Waals surface area contributed by atoms with Crippen LogP contribution in [0.1, 0.15) is 27.8 Å². The van der Waals surface area contributed by atoms with Gasteiger partial charge in [0.2, 0.25) is 5.91 Å². The molecule has 0 radical (unpaired) electrons. The van der Waals surface area contributed by atoms with Crippen LogP contribution in [0.15, 0.2) is 53.2 Å². The Morgan fingerprint density at radius 2 is 2.07 bits per heavy atom. The summed E-state index contributed by atoms with van der Waals surface area (Å²) in [4.78, 5) is 17.8. The Bertz CT molecular complexity index is 905. The summed E-state index contributed by atoms with van der Waals surface area (Å²) >= 11 is 3.63. The van der Waals surface area contributed by atoms with Gasteiger partial charge in [0, 0.05) is 29.3 Å². The van der Waals surface area contributed by atoms with E-state index in [1.165, 1.54) is 15.3 Å². The highest BCUT2D eigenvalue weighted by molar-refractivity contribution is 7.10. The topological polar surface area (TPSA) is 41.6 Å². The average molecular weight is 399 g/mol. The number of anilines is 1. The first kappa shape index (κ1) is 18.2. The molecule has 0 saturated heterocycles. The summed E-state index contributed by atoms with van der Waals surface area (Å²) in [5, 5.41) is 7.29. The zero-order chi connectivity index (χ0) is 18.6. The van der Waals surface area contributed by atoms with Gasteiger partial charge in [-0.3, -0.25) is 9.69 Å². The third-order valence-corrected chi connectivity index (χ3v) is 6.81. The SMILES string of the molecule is COc1ccccc1NC(=O)CCN1CCc2sccc2C1c1cccs1. The van der Waals surface area contributed by atoms with E-state index in [4.69, 9.17) is 4.74 Å². The van der Waals surface area contributed by atoms with Gasteiger partial charge in [0.05, 0.1) is 18.8 Å². The lowest BCUT2D eigenvalue weighted by Gasteiger charge is -2.35. The molecule has 2 aromatic heterocycles. The largest absolute Gasteiger partial charge is 0.495 e. The second-order valence-electron chi connectivity index (χ2n) is 6.50. The highest BCUT2D eigenvalue weighted by atomic mass is 32.1. The molecule has 4 rings (SSSR count). The molecule has 0 bridgehead atoms. The van der Waals surface area contributed by atoms with Crippen molar-refractivity contribution >= 4 is 34.3 Å². The number of nitrogens with zero attached hydrogens (tertiary/aromatic N) is 1. The minimum absolute atomic E-state index is 0.0144.